The van der Waals surface area contributed by atoms with E-state index in [-0.39, 0.29) is 0 Å². The molecule has 0 saturated carbocycles. The third-order valence-electron chi connectivity index (χ3n) is 2.92. The molecule has 1 aliphatic rings. The van der Waals surface area contributed by atoms with Gasteiger partial charge in [0.05, 0.1) is 0 Å². The van der Waals surface area contributed by atoms with Gasteiger partial charge in [-0.1, -0.05) is 40.0 Å². The molecule has 0 aromatic rings. The lowest BCUT2D eigenvalue weighted by Crippen LogP contribution is -2.53. The average Bonchev–Trinajstić information content (AvgIpc) is 2.48. The van der Waals surface area contributed by atoms with Gasteiger partial charge in [-0.25, -0.2) is 0 Å². The van der Waals surface area contributed by atoms with Crippen molar-refractivity contribution in [2.24, 2.45) is 0 Å². The Hall–Kier alpha value is -0.0452. The average molecular weight is 300 g/mol. The number of hydrogen-bond donors (Lipinski definition) is 0. The Kier molecular flexibility index (Phi) is 11.3. The monoisotopic (exact) mass is 300 g/mol. The van der Waals surface area contributed by atoms with Crippen LogP contribution in [-0.4, -0.2) is 41.8 Å². The second kappa shape index (κ2) is 12.5. The van der Waals surface area contributed by atoms with Crippen molar-refractivity contribution in [1.82, 2.24) is 0 Å². The topological polar surface area (TPSA) is 55.4 Å². The van der Waals surface area contributed by atoms with Crippen LogP contribution in [0.4, 0.5) is 0 Å². The van der Waals surface area contributed by atoms with E-state index in [9.17, 15) is 0 Å². The van der Waals surface area contributed by atoms with Crippen LogP contribution in [0, 0.1) is 0 Å². The Morgan fingerprint density at radius 1 is 0.571 bits per heavy atom. The van der Waals surface area contributed by atoms with Gasteiger partial charge in [-0.15, -0.1) is 0 Å². The van der Waals surface area contributed by atoms with E-state index in [4.69, 9.17) is 27.7 Å². The fraction of sp³-hybridized carbons (Fsp3) is 1.00. The second-order valence-electron chi connectivity index (χ2n) is 4.95. The minimum atomic E-state index is -0.802. The van der Waals surface area contributed by atoms with Gasteiger partial charge in [0.25, 0.3) is 0 Å². The highest BCUT2D eigenvalue weighted by Crippen LogP contribution is 2.12. The molecule has 0 bridgehead atoms. The molecule has 0 spiro atoms. The summed E-state index contributed by atoms with van der Waals surface area (Å²) in [6, 6.07) is 0. The Morgan fingerprint density at radius 3 is 1.10 bits per heavy atom. The molecule has 0 aromatic carbocycles. The summed E-state index contributed by atoms with van der Waals surface area (Å²) in [5.41, 5.74) is 0. The van der Waals surface area contributed by atoms with Crippen LogP contribution in [0.25, 0.3) is 0 Å². The molecule has 0 aliphatic carbocycles. The Morgan fingerprint density at radius 2 is 0.857 bits per heavy atom. The molecule has 1 saturated heterocycles. The van der Waals surface area contributed by atoms with Gasteiger partial charge < -0.3 is 27.7 Å². The molecule has 1 aliphatic heterocycles. The third-order valence-corrected chi connectivity index (χ3v) is 2.92. The van der Waals surface area contributed by atoms with Crippen molar-refractivity contribution >= 4 is 22.0 Å². The molecule has 0 aromatic heterocycles. The lowest BCUT2D eigenvalue weighted by Gasteiger charge is -2.28. The molecular weight excluding hydrogens is 273 g/mol. The number of unbranched alkanes of at least 4 members (excludes halogenated alkanes) is 3. The zero-order valence-electron chi connectivity index (χ0n) is 13.5. The summed E-state index contributed by atoms with van der Waals surface area (Å²) < 4.78 is 32.9. The summed E-state index contributed by atoms with van der Waals surface area (Å²) in [7, 11) is -2.41. The molecule has 9 heteroatoms. The van der Waals surface area contributed by atoms with Crippen molar-refractivity contribution in [2.45, 2.75) is 59.3 Å². The highest BCUT2D eigenvalue weighted by molar-refractivity contribution is 6.66. The molecule has 120 valence electrons. The van der Waals surface area contributed by atoms with Crippen molar-refractivity contribution in [3.63, 3.8) is 0 Å². The summed E-state index contributed by atoms with van der Waals surface area (Å²) >= 11 is 0. The molecule has 6 nitrogen and oxygen atoms in total. The molecule has 1 fully saturated rings. The van der Waals surface area contributed by atoms with E-state index in [1.807, 2.05) is 0 Å². The molecule has 0 atom stereocenters. The molecule has 0 N–H and O–H groups in total. The first kappa shape index (κ1) is 19.0. The molecule has 0 unspecified atom stereocenters. The van der Waals surface area contributed by atoms with Gasteiger partial charge >= 0.3 is 22.0 Å². The van der Waals surface area contributed by atoms with Crippen LogP contribution < -0.4 is 0 Å². The van der Waals surface area contributed by atoms with Crippen LogP contribution in [0.5, 0.6) is 0 Å². The first-order chi connectivity index (χ1) is 10.3. The van der Waals surface area contributed by atoms with Crippen LogP contribution in [0.1, 0.15) is 59.3 Å². The molecule has 0 amide bonds. The maximum absolute atomic E-state index is 5.51. The van der Waals surface area contributed by atoms with Crippen molar-refractivity contribution < 1.29 is 27.7 Å². The minimum absolute atomic E-state index is 0.574. The molecule has 21 heavy (non-hydrogen) atoms. The normalized spacial score (nSPS) is 15.9. The fourth-order valence-electron chi connectivity index (χ4n) is 1.58. The van der Waals surface area contributed by atoms with E-state index in [0.29, 0.717) is 19.8 Å². The molecule has 1 rings (SSSR count). The zero-order valence-corrected chi connectivity index (χ0v) is 13.5. The summed E-state index contributed by atoms with van der Waals surface area (Å²) in [4.78, 5) is 0. The van der Waals surface area contributed by atoms with Gasteiger partial charge in [0.1, 0.15) is 0 Å². The van der Waals surface area contributed by atoms with Crippen LogP contribution in [0.3, 0.4) is 0 Å². The fourth-order valence-corrected chi connectivity index (χ4v) is 1.58. The van der Waals surface area contributed by atoms with Crippen LogP contribution in [0.2, 0.25) is 0 Å². The largest absolute Gasteiger partial charge is 0.615 e. The molecular formula is C12H27B3O6. The predicted octanol–water partition coefficient (Wildman–Crippen LogP) is 2.45. The van der Waals surface area contributed by atoms with Gasteiger partial charge in [-0.3, -0.25) is 0 Å². The lowest BCUT2D eigenvalue weighted by atomic mass is 9.96. The van der Waals surface area contributed by atoms with Crippen LogP contribution in [-0.2, 0) is 27.7 Å². The summed E-state index contributed by atoms with van der Waals surface area (Å²) in [5.74, 6) is 0. The van der Waals surface area contributed by atoms with Gasteiger partial charge in [-0.2, -0.15) is 0 Å². The lowest BCUT2D eigenvalue weighted by molar-refractivity contribution is 0.0653. The van der Waals surface area contributed by atoms with Gasteiger partial charge in [0, 0.05) is 19.8 Å². The highest BCUT2D eigenvalue weighted by Gasteiger charge is 2.46. The third kappa shape index (κ3) is 8.85. The highest BCUT2D eigenvalue weighted by atomic mass is 16.9. The van der Waals surface area contributed by atoms with Crippen molar-refractivity contribution in [1.29, 1.82) is 0 Å². The van der Waals surface area contributed by atoms with Crippen molar-refractivity contribution in [3.8, 4) is 0 Å². The Labute approximate surface area is 129 Å². The second-order valence-corrected chi connectivity index (χ2v) is 4.95. The van der Waals surface area contributed by atoms with E-state index in [2.05, 4.69) is 20.8 Å². The zero-order chi connectivity index (χ0) is 15.3. The maximum atomic E-state index is 5.51. The summed E-state index contributed by atoms with van der Waals surface area (Å²) in [6.45, 7) is 8.02. The Bertz CT molecular complexity index is 205. The van der Waals surface area contributed by atoms with Gasteiger partial charge in [0.2, 0.25) is 0 Å². The first-order valence-corrected chi connectivity index (χ1v) is 8.11. The van der Waals surface area contributed by atoms with Crippen LogP contribution in [0.15, 0.2) is 0 Å². The van der Waals surface area contributed by atoms with E-state index in [1.165, 1.54) is 0 Å². The first-order valence-electron chi connectivity index (χ1n) is 8.11. The maximum Gasteiger partial charge on any atom is 0.615 e. The predicted molar refractivity (Wildman–Crippen MR) is 83.1 cm³/mol. The van der Waals surface area contributed by atoms with Gasteiger partial charge in [0.15, 0.2) is 0 Å². The van der Waals surface area contributed by atoms with Crippen molar-refractivity contribution in [2.75, 3.05) is 19.8 Å². The molecule has 0 radical (unpaired) electrons. The SMILES string of the molecule is CCCCOB1OB(OCCCC)OB(OCCCC)O1. The van der Waals surface area contributed by atoms with E-state index in [1.54, 1.807) is 0 Å². The minimum Gasteiger partial charge on any atom is -0.400 e. The smallest absolute Gasteiger partial charge is 0.400 e. The van der Waals surface area contributed by atoms with Gasteiger partial charge in [-0.05, 0) is 19.3 Å². The summed E-state index contributed by atoms with van der Waals surface area (Å²) in [5, 5.41) is 0. The van der Waals surface area contributed by atoms with Crippen LogP contribution >= 0.6 is 0 Å². The Balaban J connectivity index is 2.35. The number of hydrogen-bond acceptors (Lipinski definition) is 6. The summed E-state index contributed by atoms with van der Waals surface area (Å²) in [6.07, 6.45) is 6.01. The number of rotatable bonds is 12. The van der Waals surface area contributed by atoms with E-state index < -0.39 is 22.0 Å². The molecule has 1 heterocycles. The quantitative estimate of drug-likeness (QED) is 0.407. The standard InChI is InChI=1S/C12H27B3O6/c1-4-7-10-16-13-19-14(17-11-8-5-2)21-15(20-13)18-12-9-6-3/h4-12H2,1-3H3. The van der Waals surface area contributed by atoms with E-state index >= 15 is 0 Å². The van der Waals surface area contributed by atoms with E-state index in [0.717, 1.165) is 38.5 Å². The van der Waals surface area contributed by atoms with Crippen molar-refractivity contribution in [3.05, 3.63) is 0 Å².